The first-order chi connectivity index (χ1) is 12.4. The monoisotopic (exact) mass is 375 g/mol. The molecule has 3 rings (SSSR count). The number of carbonyl (C=O) groups excluding carboxylic acids is 1. The van der Waals surface area contributed by atoms with E-state index in [-0.39, 0.29) is 11.2 Å². The van der Waals surface area contributed by atoms with E-state index in [1.807, 2.05) is 0 Å². The Hall–Kier alpha value is -2.74. The third-order valence-corrected chi connectivity index (χ3v) is 4.92. The van der Waals surface area contributed by atoms with Gasteiger partial charge in [-0.2, -0.15) is 0 Å². The van der Waals surface area contributed by atoms with E-state index in [9.17, 15) is 18.4 Å². The molecule has 0 aliphatic heterocycles. The normalized spacial score (nSPS) is 12.2. The van der Waals surface area contributed by atoms with Crippen LogP contribution in [0.5, 0.6) is 0 Å². The minimum Gasteiger partial charge on any atom is -0.323 e. The number of hydrogen-bond acceptors (Lipinski definition) is 4. The number of thioether (sulfide) groups is 1. The maximum atomic E-state index is 13.7. The Bertz CT molecular complexity index is 1050. The lowest BCUT2D eigenvalue weighted by molar-refractivity contribution is -0.115. The van der Waals surface area contributed by atoms with Gasteiger partial charge in [0.25, 0.3) is 5.56 Å². The first-order valence-corrected chi connectivity index (χ1v) is 8.63. The molecule has 0 aliphatic carbocycles. The fourth-order valence-corrected chi connectivity index (χ4v) is 3.22. The lowest BCUT2D eigenvalue weighted by Crippen LogP contribution is -2.26. The molecule has 1 N–H and O–H groups in total. The van der Waals surface area contributed by atoms with Crippen molar-refractivity contribution in [3.05, 3.63) is 64.5 Å². The Morgan fingerprint density at radius 3 is 2.73 bits per heavy atom. The molecular formula is C18H15F2N3O2S. The van der Waals surface area contributed by atoms with Crippen molar-refractivity contribution < 1.29 is 13.6 Å². The Balaban J connectivity index is 1.83. The summed E-state index contributed by atoms with van der Waals surface area (Å²) < 4.78 is 28.2. The molecule has 134 valence electrons. The second-order valence-electron chi connectivity index (χ2n) is 5.65. The van der Waals surface area contributed by atoms with Crippen molar-refractivity contribution in [3.8, 4) is 0 Å². The molecule has 0 aliphatic rings. The molecule has 1 heterocycles. The van der Waals surface area contributed by atoms with Crippen molar-refractivity contribution in [1.82, 2.24) is 9.55 Å². The number of carbonyl (C=O) groups is 1. The predicted molar refractivity (Wildman–Crippen MR) is 97.3 cm³/mol. The predicted octanol–water partition coefficient (Wildman–Crippen LogP) is 3.33. The van der Waals surface area contributed by atoms with E-state index in [2.05, 4.69) is 10.3 Å². The third kappa shape index (κ3) is 3.60. The lowest BCUT2D eigenvalue weighted by atomic mass is 10.2. The molecule has 0 bridgehead atoms. The van der Waals surface area contributed by atoms with Crippen LogP contribution in [0.3, 0.4) is 0 Å². The van der Waals surface area contributed by atoms with E-state index in [4.69, 9.17) is 0 Å². The number of anilines is 1. The molecule has 1 atom stereocenters. The van der Waals surface area contributed by atoms with Crippen LogP contribution in [-0.2, 0) is 11.8 Å². The second-order valence-corrected chi connectivity index (χ2v) is 6.96. The largest absolute Gasteiger partial charge is 0.323 e. The van der Waals surface area contributed by atoms with Crippen molar-refractivity contribution in [2.24, 2.45) is 7.05 Å². The Morgan fingerprint density at radius 2 is 1.96 bits per heavy atom. The molecule has 3 aromatic rings. The summed E-state index contributed by atoms with van der Waals surface area (Å²) in [4.78, 5) is 29.1. The number of halogens is 2. The molecule has 0 radical (unpaired) electrons. The highest BCUT2D eigenvalue weighted by Crippen LogP contribution is 2.24. The zero-order chi connectivity index (χ0) is 18.8. The number of rotatable bonds is 4. The SMILES string of the molecule is CC(Sc1nc2ccccc2c(=O)n1C)C(=O)Nc1cc(F)ccc1F. The quantitative estimate of drug-likeness (QED) is 0.561. The smallest absolute Gasteiger partial charge is 0.261 e. The van der Waals surface area contributed by atoms with E-state index in [0.717, 1.165) is 30.0 Å². The summed E-state index contributed by atoms with van der Waals surface area (Å²) in [5.74, 6) is -1.91. The fourth-order valence-electron chi connectivity index (χ4n) is 2.34. The highest BCUT2D eigenvalue weighted by atomic mass is 32.2. The molecule has 8 heteroatoms. The number of nitrogens with zero attached hydrogens (tertiary/aromatic N) is 2. The summed E-state index contributed by atoms with van der Waals surface area (Å²) in [6.45, 7) is 1.60. The van der Waals surface area contributed by atoms with Crippen LogP contribution in [0.25, 0.3) is 10.9 Å². The summed E-state index contributed by atoms with van der Waals surface area (Å²) in [5, 5.41) is 2.51. The molecule has 0 saturated heterocycles. The molecule has 26 heavy (non-hydrogen) atoms. The average molecular weight is 375 g/mol. The highest BCUT2D eigenvalue weighted by Gasteiger charge is 2.19. The minimum atomic E-state index is -0.729. The number of fused-ring (bicyclic) bond motifs is 1. The van der Waals surface area contributed by atoms with Crippen LogP contribution in [0.2, 0.25) is 0 Å². The number of aromatic nitrogens is 2. The van der Waals surface area contributed by atoms with Gasteiger partial charge in [-0.15, -0.1) is 0 Å². The average Bonchev–Trinajstić information content (AvgIpc) is 2.62. The fraction of sp³-hybridized carbons (Fsp3) is 0.167. The molecule has 0 fully saturated rings. The summed E-state index contributed by atoms with van der Waals surface area (Å²) in [6, 6.07) is 9.74. The van der Waals surface area contributed by atoms with Crippen molar-refractivity contribution in [1.29, 1.82) is 0 Å². The second kappa shape index (κ2) is 7.25. The van der Waals surface area contributed by atoms with Gasteiger partial charge >= 0.3 is 0 Å². The maximum absolute atomic E-state index is 13.7. The van der Waals surface area contributed by atoms with E-state index >= 15 is 0 Å². The first kappa shape index (κ1) is 18.1. The van der Waals surface area contributed by atoms with E-state index in [1.54, 1.807) is 38.2 Å². The zero-order valence-electron chi connectivity index (χ0n) is 14.0. The molecule has 0 saturated carbocycles. The van der Waals surface area contributed by atoms with Gasteiger partial charge in [0.2, 0.25) is 5.91 Å². The minimum absolute atomic E-state index is 0.220. The third-order valence-electron chi connectivity index (χ3n) is 3.78. The van der Waals surface area contributed by atoms with Gasteiger partial charge in [0.15, 0.2) is 5.16 Å². The van der Waals surface area contributed by atoms with E-state index in [1.165, 1.54) is 4.57 Å². The topological polar surface area (TPSA) is 64.0 Å². The van der Waals surface area contributed by atoms with Gasteiger partial charge in [-0.3, -0.25) is 14.2 Å². The summed E-state index contributed by atoms with van der Waals surface area (Å²) >= 11 is 1.06. The molecule has 1 amide bonds. The van der Waals surface area contributed by atoms with Gasteiger partial charge in [-0.05, 0) is 31.2 Å². The van der Waals surface area contributed by atoms with Crippen molar-refractivity contribution in [2.45, 2.75) is 17.3 Å². The van der Waals surface area contributed by atoms with Crippen LogP contribution >= 0.6 is 11.8 Å². The van der Waals surface area contributed by atoms with Crippen LogP contribution in [0.15, 0.2) is 52.4 Å². The van der Waals surface area contributed by atoms with Crippen LogP contribution < -0.4 is 10.9 Å². The maximum Gasteiger partial charge on any atom is 0.261 e. The summed E-state index contributed by atoms with van der Waals surface area (Å²) in [6.07, 6.45) is 0. The van der Waals surface area contributed by atoms with Crippen LogP contribution in [0, 0.1) is 11.6 Å². The Labute approximate surface area is 152 Å². The van der Waals surface area contributed by atoms with Gasteiger partial charge in [0.1, 0.15) is 11.6 Å². The van der Waals surface area contributed by atoms with Gasteiger partial charge < -0.3 is 5.32 Å². The zero-order valence-corrected chi connectivity index (χ0v) is 14.8. The number of para-hydroxylation sites is 1. The van der Waals surface area contributed by atoms with Gasteiger partial charge in [-0.25, -0.2) is 13.8 Å². The molecule has 1 unspecified atom stereocenters. The van der Waals surface area contributed by atoms with Crippen LogP contribution in [0.1, 0.15) is 6.92 Å². The molecule has 0 spiro atoms. The summed E-state index contributed by atoms with van der Waals surface area (Å²) in [7, 11) is 1.57. The molecule has 1 aromatic heterocycles. The highest BCUT2D eigenvalue weighted by molar-refractivity contribution is 8.00. The molecular weight excluding hydrogens is 360 g/mol. The van der Waals surface area contributed by atoms with Crippen molar-refractivity contribution in [2.75, 3.05) is 5.32 Å². The van der Waals surface area contributed by atoms with E-state index in [0.29, 0.717) is 16.1 Å². The van der Waals surface area contributed by atoms with E-state index < -0.39 is 22.8 Å². The van der Waals surface area contributed by atoms with Gasteiger partial charge in [0, 0.05) is 13.1 Å². The van der Waals surface area contributed by atoms with Crippen molar-refractivity contribution >= 4 is 34.3 Å². The molecule has 5 nitrogen and oxygen atoms in total. The standard InChI is InChI=1S/C18H15F2N3O2S/c1-10(16(24)21-15-9-11(19)7-8-13(15)20)26-18-22-14-6-4-3-5-12(14)17(25)23(18)2/h3-10H,1-2H3,(H,21,24). The Morgan fingerprint density at radius 1 is 1.23 bits per heavy atom. The van der Waals surface area contributed by atoms with Crippen molar-refractivity contribution in [3.63, 3.8) is 0 Å². The summed E-state index contributed by atoms with van der Waals surface area (Å²) in [5.41, 5.74) is 0.0755. The van der Waals surface area contributed by atoms with Gasteiger partial charge in [0.05, 0.1) is 21.8 Å². The number of nitrogens with one attached hydrogen (secondary N) is 1. The van der Waals surface area contributed by atoms with Gasteiger partial charge in [-0.1, -0.05) is 23.9 Å². The number of benzene rings is 2. The first-order valence-electron chi connectivity index (χ1n) is 7.75. The van der Waals surface area contributed by atoms with Crippen LogP contribution in [0.4, 0.5) is 14.5 Å². The Kier molecular flexibility index (Phi) is 5.03. The molecule has 2 aromatic carbocycles. The van der Waals surface area contributed by atoms with Crippen LogP contribution in [-0.4, -0.2) is 20.7 Å². The number of hydrogen-bond donors (Lipinski definition) is 1. The number of amides is 1. The lowest BCUT2D eigenvalue weighted by Gasteiger charge is -2.14.